The van der Waals surface area contributed by atoms with Gasteiger partial charge in [0.15, 0.2) is 0 Å². The van der Waals surface area contributed by atoms with E-state index in [-0.39, 0.29) is 12.1 Å². The average molecular weight is 536 g/mol. The zero-order valence-electron chi connectivity index (χ0n) is 21.2. The molecule has 0 unspecified atom stereocenters. The quantitative estimate of drug-likeness (QED) is 0.270. The van der Waals surface area contributed by atoms with Gasteiger partial charge in [0, 0.05) is 17.8 Å². The Balaban J connectivity index is 1.52. The van der Waals surface area contributed by atoms with E-state index < -0.39 is 41.5 Å². The van der Waals surface area contributed by atoms with Crippen LogP contribution in [0.1, 0.15) is 47.1 Å². The number of benzene rings is 3. The molecule has 0 N–H and O–H groups in total. The van der Waals surface area contributed by atoms with Crippen molar-refractivity contribution in [2.45, 2.75) is 32.1 Å². The maximum absolute atomic E-state index is 14.1. The molecule has 4 aromatic rings. The van der Waals surface area contributed by atoms with Crippen LogP contribution in [0.3, 0.4) is 0 Å². The van der Waals surface area contributed by atoms with Crippen LogP contribution in [0.5, 0.6) is 0 Å². The summed E-state index contributed by atoms with van der Waals surface area (Å²) in [6.45, 7) is 3.16. The summed E-state index contributed by atoms with van der Waals surface area (Å²) in [5.74, 6) is -1.35. The predicted octanol–water partition coefficient (Wildman–Crippen LogP) is 6.62. The molecule has 0 saturated heterocycles. The van der Waals surface area contributed by atoms with Crippen LogP contribution < -0.4 is 4.90 Å². The summed E-state index contributed by atoms with van der Waals surface area (Å²) in [6, 6.07) is 20.0. The minimum absolute atomic E-state index is 0.0486. The Morgan fingerprint density at radius 3 is 2.13 bits per heavy atom. The molecule has 0 bridgehead atoms. The van der Waals surface area contributed by atoms with E-state index in [2.05, 4.69) is 0 Å². The number of hydrogen-bond donors (Lipinski definition) is 0. The number of rotatable bonds is 5. The summed E-state index contributed by atoms with van der Waals surface area (Å²) < 4.78 is 54.8. The first kappa shape index (κ1) is 26.2. The monoisotopic (exact) mass is 535 g/mol. The highest BCUT2D eigenvalue weighted by atomic mass is 19.4. The number of aromatic nitrogens is 1. The molecule has 9 heteroatoms. The molecule has 5 rings (SSSR count). The van der Waals surface area contributed by atoms with Gasteiger partial charge in [-0.15, -0.1) is 0 Å². The van der Waals surface area contributed by atoms with E-state index in [1.807, 2.05) is 47.2 Å². The van der Waals surface area contributed by atoms with Crippen molar-refractivity contribution in [1.29, 1.82) is 0 Å². The van der Waals surface area contributed by atoms with Crippen molar-refractivity contribution in [1.82, 2.24) is 9.47 Å². The lowest BCUT2D eigenvalue weighted by Gasteiger charge is -2.40. The molecule has 5 nitrogen and oxygen atoms in total. The molecule has 1 aliphatic rings. The Labute approximate surface area is 222 Å². The normalized spacial score (nSPS) is 14.6. The largest absolute Gasteiger partial charge is 0.416 e. The number of carbonyl (C=O) groups is 2. The number of halogens is 4. The second kappa shape index (κ2) is 10.1. The van der Waals surface area contributed by atoms with Crippen LogP contribution in [0.25, 0.3) is 5.69 Å². The fourth-order valence-electron chi connectivity index (χ4n) is 4.90. The fourth-order valence-corrected chi connectivity index (χ4v) is 4.90. The molecule has 2 heterocycles. The van der Waals surface area contributed by atoms with Gasteiger partial charge in [-0.2, -0.15) is 13.2 Å². The number of fused-ring (bicyclic) bond motifs is 3. The highest BCUT2D eigenvalue weighted by Gasteiger charge is 2.37. The molecule has 0 radical (unpaired) electrons. The number of nitrogens with zero attached hydrogens (tertiary/aromatic N) is 3. The lowest BCUT2D eigenvalue weighted by atomic mass is 9.97. The minimum Gasteiger partial charge on any atom is -0.327 e. The predicted molar refractivity (Wildman–Crippen MR) is 139 cm³/mol. The van der Waals surface area contributed by atoms with Gasteiger partial charge in [0.25, 0.3) is 5.91 Å². The highest BCUT2D eigenvalue weighted by Crippen LogP contribution is 2.42. The van der Waals surface area contributed by atoms with Crippen LogP contribution in [-0.4, -0.2) is 33.9 Å². The molecule has 0 aliphatic carbocycles. The average Bonchev–Trinajstić information content (AvgIpc) is 3.40. The zero-order valence-corrected chi connectivity index (χ0v) is 21.2. The summed E-state index contributed by atoms with van der Waals surface area (Å²) in [4.78, 5) is 30.4. The van der Waals surface area contributed by atoms with E-state index in [0.717, 1.165) is 35.6 Å². The first-order valence-electron chi connectivity index (χ1n) is 12.4. The molecule has 1 atom stereocenters. The van der Waals surface area contributed by atoms with Crippen molar-refractivity contribution in [3.63, 3.8) is 0 Å². The van der Waals surface area contributed by atoms with Crippen molar-refractivity contribution >= 4 is 17.5 Å². The number of anilines is 1. The van der Waals surface area contributed by atoms with Gasteiger partial charge in [-0.3, -0.25) is 14.5 Å². The second-order valence-electron chi connectivity index (χ2n) is 9.61. The van der Waals surface area contributed by atoms with Crippen LogP contribution in [0.2, 0.25) is 0 Å². The van der Waals surface area contributed by atoms with Gasteiger partial charge in [0.1, 0.15) is 18.4 Å². The van der Waals surface area contributed by atoms with E-state index in [4.69, 9.17) is 0 Å². The Kier molecular flexibility index (Phi) is 6.76. The molecule has 2 amide bonds. The Morgan fingerprint density at radius 1 is 0.872 bits per heavy atom. The number of amides is 2. The van der Waals surface area contributed by atoms with E-state index in [0.29, 0.717) is 11.3 Å². The van der Waals surface area contributed by atoms with Crippen molar-refractivity contribution in [3.05, 3.63) is 119 Å². The lowest BCUT2D eigenvalue weighted by Crippen LogP contribution is -2.48. The first-order chi connectivity index (χ1) is 18.6. The third kappa shape index (κ3) is 4.92. The van der Waals surface area contributed by atoms with Gasteiger partial charge in [-0.05, 0) is 80.1 Å². The highest BCUT2D eigenvalue weighted by molar-refractivity contribution is 6.02. The van der Waals surface area contributed by atoms with Crippen molar-refractivity contribution in [3.8, 4) is 5.69 Å². The molecule has 0 saturated carbocycles. The third-order valence-corrected chi connectivity index (χ3v) is 6.82. The number of hydrogen-bond acceptors (Lipinski definition) is 2. The molecule has 39 heavy (non-hydrogen) atoms. The number of para-hydroxylation sites is 2. The molecule has 200 valence electrons. The summed E-state index contributed by atoms with van der Waals surface area (Å²) in [5, 5.41) is 0. The summed E-state index contributed by atoms with van der Waals surface area (Å²) in [7, 11) is 0. The summed E-state index contributed by atoms with van der Waals surface area (Å²) in [6.07, 6.45) is -2.63. The van der Waals surface area contributed by atoms with E-state index >= 15 is 0 Å². The van der Waals surface area contributed by atoms with Gasteiger partial charge < -0.3 is 9.47 Å². The minimum atomic E-state index is -4.52. The van der Waals surface area contributed by atoms with E-state index in [1.54, 1.807) is 30.9 Å². The van der Waals surface area contributed by atoms with Crippen LogP contribution in [0, 0.1) is 5.82 Å². The molecule has 0 fully saturated rings. The van der Waals surface area contributed by atoms with Crippen LogP contribution in [0.15, 0.2) is 91.1 Å². The maximum Gasteiger partial charge on any atom is 0.416 e. The van der Waals surface area contributed by atoms with Gasteiger partial charge in [0.05, 0.1) is 22.6 Å². The molecular formula is C30H25F4N3O2. The molecule has 1 aromatic heterocycles. The number of alkyl halides is 3. The van der Waals surface area contributed by atoms with Gasteiger partial charge >= 0.3 is 6.18 Å². The van der Waals surface area contributed by atoms with Crippen molar-refractivity contribution in [2.75, 3.05) is 11.4 Å². The Hall–Kier alpha value is -4.40. The topological polar surface area (TPSA) is 45.6 Å². The van der Waals surface area contributed by atoms with Gasteiger partial charge in [-0.25, -0.2) is 4.39 Å². The van der Waals surface area contributed by atoms with Crippen LogP contribution in [-0.2, 0) is 11.0 Å². The fraction of sp³-hybridized carbons (Fsp3) is 0.200. The first-order valence-corrected chi connectivity index (χ1v) is 12.4. The maximum atomic E-state index is 14.1. The van der Waals surface area contributed by atoms with Gasteiger partial charge in [0.2, 0.25) is 5.91 Å². The lowest BCUT2D eigenvalue weighted by molar-refractivity contribution is -0.137. The standard InChI is InChI=1S/C30H25F4N3O2/c1-19(2)36(29(39)21-9-13-22(14-10-21)30(32,33)34)18-27(38)37-25-7-4-3-6-24(25)35-17-5-8-26(35)28(37)20-11-15-23(31)16-12-20/h3-17,19,28H,18H2,1-2H3/t28-/m1/s1. The van der Waals surface area contributed by atoms with Crippen LogP contribution in [0.4, 0.5) is 23.2 Å². The summed E-state index contributed by atoms with van der Waals surface area (Å²) >= 11 is 0. The van der Waals surface area contributed by atoms with Crippen LogP contribution >= 0.6 is 0 Å². The smallest absolute Gasteiger partial charge is 0.327 e. The van der Waals surface area contributed by atoms with E-state index in [1.165, 1.54) is 17.0 Å². The van der Waals surface area contributed by atoms with E-state index in [9.17, 15) is 27.2 Å². The molecule has 3 aromatic carbocycles. The molecular weight excluding hydrogens is 510 g/mol. The summed E-state index contributed by atoms with van der Waals surface area (Å²) in [5.41, 5.74) is 2.05. The molecule has 0 spiro atoms. The Bertz CT molecular complexity index is 1510. The second-order valence-corrected chi connectivity index (χ2v) is 9.61. The van der Waals surface area contributed by atoms with Crippen molar-refractivity contribution in [2.24, 2.45) is 0 Å². The van der Waals surface area contributed by atoms with Gasteiger partial charge in [-0.1, -0.05) is 24.3 Å². The SMILES string of the molecule is CC(C)N(CC(=O)N1c2ccccc2-n2cccc2[C@H]1c1ccc(F)cc1)C(=O)c1ccc(C(F)(F)F)cc1. The third-order valence-electron chi connectivity index (χ3n) is 6.82. The van der Waals surface area contributed by atoms with Crippen molar-refractivity contribution < 1.29 is 27.2 Å². The number of carbonyl (C=O) groups excluding carboxylic acids is 2. The Morgan fingerprint density at radius 2 is 1.51 bits per heavy atom. The zero-order chi connectivity index (χ0) is 27.9. The molecule has 1 aliphatic heterocycles.